The quantitative estimate of drug-likeness (QED) is 0.754. The normalized spacial score (nSPS) is 25.0. The number of rotatable bonds is 3. The number of carbonyl (C=O) groups is 2. The SMILES string of the molecule is COCC(=O)N1CCOCC2(C1)CN(c1cccnc1)C(=O)CO2. The smallest absolute Gasteiger partial charge is 0.253 e. The lowest BCUT2D eigenvalue weighted by molar-refractivity contribution is -0.150. The lowest BCUT2D eigenvalue weighted by atomic mass is 10.0. The van der Waals surface area contributed by atoms with Gasteiger partial charge in [0, 0.05) is 19.9 Å². The summed E-state index contributed by atoms with van der Waals surface area (Å²) in [5.41, 5.74) is -0.0342. The molecule has 0 N–H and O–H groups in total. The highest BCUT2D eigenvalue weighted by atomic mass is 16.6. The average Bonchev–Trinajstić information content (AvgIpc) is 2.81. The zero-order valence-corrected chi connectivity index (χ0v) is 13.6. The number of anilines is 1. The Labute approximate surface area is 140 Å². The van der Waals surface area contributed by atoms with Crippen molar-refractivity contribution in [3.05, 3.63) is 24.5 Å². The molecule has 1 aromatic rings. The van der Waals surface area contributed by atoms with Crippen molar-refractivity contribution < 1.29 is 23.8 Å². The Kier molecular flexibility index (Phi) is 5.08. The molecular formula is C16H21N3O5. The van der Waals surface area contributed by atoms with Gasteiger partial charge < -0.3 is 24.0 Å². The van der Waals surface area contributed by atoms with E-state index >= 15 is 0 Å². The van der Waals surface area contributed by atoms with Gasteiger partial charge >= 0.3 is 0 Å². The molecule has 0 aromatic carbocycles. The fourth-order valence-electron chi connectivity index (χ4n) is 2.98. The van der Waals surface area contributed by atoms with Crippen LogP contribution in [-0.4, -0.2) is 80.5 Å². The maximum atomic E-state index is 12.3. The minimum atomic E-state index is -0.746. The van der Waals surface area contributed by atoms with Crippen LogP contribution in [0.15, 0.2) is 24.5 Å². The summed E-state index contributed by atoms with van der Waals surface area (Å²) in [6.07, 6.45) is 3.30. The second-order valence-corrected chi connectivity index (χ2v) is 5.96. The Morgan fingerprint density at radius 3 is 3.08 bits per heavy atom. The Hall–Kier alpha value is -2.03. The van der Waals surface area contributed by atoms with Gasteiger partial charge in [0.2, 0.25) is 5.91 Å². The Morgan fingerprint density at radius 1 is 1.46 bits per heavy atom. The summed E-state index contributed by atoms with van der Waals surface area (Å²) in [5.74, 6) is -0.247. The van der Waals surface area contributed by atoms with Crippen LogP contribution in [0.2, 0.25) is 0 Å². The molecule has 0 saturated carbocycles. The van der Waals surface area contributed by atoms with Crippen molar-refractivity contribution in [1.29, 1.82) is 0 Å². The molecule has 8 heteroatoms. The van der Waals surface area contributed by atoms with Crippen LogP contribution in [0.25, 0.3) is 0 Å². The van der Waals surface area contributed by atoms with Gasteiger partial charge in [0.25, 0.3) is 5.91 Å². The minimum Gasteiger partial charge on any atom is -0.376 e. The van der Waals surface area contributed by atoms with Gasteiger partial charge in [-0.2, -0.15) is 0 Å². The van der Waals surface area contributed by atoms with Gasteiger partial charge in [-0.25, -0.2) is 0 Å². The van der Waals surface area contributed by atoms with Crippen molar-refractivity contribution in [2.24, 2.45) is 0 Å². The molecular weight excluding hydrogens is 314 g/mol. The van der Waals surface area contributed by atoms with Crippen LogP contribution < -0.4 is 4.90 Å². The Bertz CT molecular complexity index is 597. The second kappa shape index (κ2) is 7.25. The van der Waals surface area contributed by atoms with Crippen LogP contribution in [0.3, 0.4) is 0 Å². The average molecular weight is 335 g/mol. The summed E-state index contributed by atoms with van der Waals surface area (Å²) < 4.78 is 16.4. The van der Waals surface area contributed by atoms with Crippen LogP contribution in [0.1, 0.15) is 0 Å². The van der Waals surface area contributed by atoms with Crippen molar-refractivity contribution in [3.63, 3.8) is 0 Å². The first kappa shape index (κ1) is 16.8. The highest BCUT2D eigenvalue weighted by molar-refractivity contribution is 5.95. The van der Waals surface area contributed by atoms with Crippen LogP contribution in [-0.2, 0) is 23.8 Å². The molecule has 0 aliphatic carbocycles. The summed E-state index contributed by atoms with van der Waals surface area (Å²) in [4.78, 5) is 31.8. The van der Waals surface area contributed by atoms with Crippen molar-refractivity contribution >= 4 is 17.5 Å². The summed E-state index contributed by atoms with van der Waals surface area (Å²) in [6, 6.07) is 3.61. The number of nitrogens with zero attached hydrogens (tertiary/aromatic N) is 3. The van der Waals surface area contributed by atoms with Gasteiger partial charge in [0.05, 0.1) is 38.2 Å². The monoisotopic (exact) mass is 335 g/mol. The molecule has 2 aliphatic heterocycles. The van der Waals surface area contributed by atoms with Crippen molar-refractivity contribution in [2.45, 2.75) is 5.60 Å². The van der Waals surface area contributed by atoms with Crippen LogP contribution >= 0.6 is 0 Å². The standard InChI is InChI=1S/C16H21N3O5/c1-22-8-14(20)18-5-6-23-12-16(10-18)11-19(15(21)9-24-16)13-3-2-4-17-7-13/h2-4,7H,5-6,8-12H2,1H3. The van der Waals surface area contributed by atoms with E-state index in [1.54, 1.807) is 28.3 Å². The molecule has 0 bridgehead atoms. The van der Waals surface area contributed by atoms with Gasteiger partial charge in [-0.15, -0.1) is 0 Å². The summed E-state index contributed by atoms with van der Waals surface area (Å²) >= 11 is 0. The first-order valence-corrected chi connectivity index (χ1v) is 7.82. The molecule has 1 unspecified atom stereocenters. The zero-order valence-electron chi connectivity index (χ0n) is 13.6. The lowest BCUT2D eigenvalue weighted by Crippen LogP contribution is -2.61. The van der Waals surface area contributed by atoms with E-state index in [0.29, 0.717) is 38.5 Å². The first-order valence-electron chi connectivity index (χ1n) is 7.82. The fraction of sp³-hybridized carbons (Fsp3) is 0.562. The molecule has 8 nitrogen and oxygen atoms in total. The largest absolute Gasteiger partial charge is 0.376 e. The topological polar surface area (TPSA) is 81.2 Å². The maximum Gasteiger partial charge on any atom is 0.253 e. The van der Waals surface area contributed by atoms with Crippen molar-refractivity contribution in [1.82, 2.24) is 9.88 Å². The summed E-state index contributed by atoms with van der Waals surface area (Å²) in [6.45, 7) is 1.88. The molecule has 130 valence electrons. The highest BCUT2D eigenvalue weighted by Crippen LogP contribution is 2.26. The van der Waals surface area contributed by atoms with E-state index in [1.165, 1.54) is 7.11 Å². The lowest BCUT2D eigenvalue weighted by Gasteiger charge is -2.42. The molecule has 24 heavy (non-hydrogen) atoms. The second-order valence-electron chi connectivity index (χ2n) is 5.96. The number of hydrogen-bond acceptors (Lipinski definition) is 6. The van der Waals surface area contributed by atoms with Gasteiger partial charge in [-0.1, -0.05) is 0 Å². The maximum absolute atomic E-state index is 12.3. The highest BCUT2D eigenvalue weighted by Gasteiger charge is 2.44. The van der Waals surface area contributed by atoms with E-state index in [9.17, 15) is 9.59 Å². The number of aromatic nitrogens is 1. The predicted molar refractivity (Wildman–Crippen MR) is 84.5 cm³/mol. The number of pyridine rings is 1. The third kappa shape index (κ3) is 3.55. The van der Waals surface area contributed by atoms with Gasteiger partial charge in [-0.05, 0) is 12.1 Å². The number of ether oxygens (including phenoxy) is 3. The minimum absolute atomic E-state index is 0.0152. The predicted octanol–water partition coefficient (Wildman–Crippen LogP) is -0.311. The molecule has 1 aromatic heterocycles. The van der Waals surface area contributed by atoms with Gasteiger partial charge in [0.1, 0.15) is 18.8 Å². The van der Waals surface area contributed by atoms with Gasteiger partial charge in [0.15, 0.2) is 0 Å². The van der Waals surface area contributed by atoms with Crippen molar-refractivity contribution in [3.8, 4) is 0 Å². The molecule has 2 fully saturated rings. The zero-order chi connectivity index (χ0) is 17.0. The van der Waals surface area contributed by atoms with E-state index in [2.05, 4.69) is 4.98 Å². The molecule has 3 rings (SSSR count). The number of hydrogen-bond donors (Lipinski definition) is 0. The molecule has 3 heterocycles. The first-order chi connectivity index (χ1) is 11.6. The fourth-order valence-corrected chi connectivity index (χ4v) is 2.98. The third-order valence-electron chi connectivity index (χ3n) is 4.18. The number of amides is 2. The molecule has 2 aliphatic rings. The Morgan fingerprint density at radius 2 is 2.33 bits per heavy atom. The van der Waals surface area contributed by atoms with E-state index in [0.717, 1.165) is 0 Å². The van der Waals surface area contributed by atoms with Gasteiger partial charge in [-0.3, -0.25) is 14.6 Å². The van der Waals surface area contributed by atoms with E-state index in [1.807, 2.05) is 6.07 Å². The number of methoxy groups -OCH3 is 1. The van der Waals surface area contributed by atoms with Crippen LogP contribution in [0.5, 0.6) is 0 Å². The molecule has 0 radical (unpaired) electrons. The molecule has 1 spiro atoms. The van der Waals surface area contributed by atoms with E-state index in [-0.39, 0.29) is 25.0 Å². The van der Waals surface area contributed by atoms with Crippen LogP contribution in [0, 0.1) is 0 Å². The summed E-state index contributed by atoms with van der Waals surface area (Å²) in [7, 11) is 1.49. The third-order valence-corrected chi connectivity index (χ3v) is 4.18. The molecule has 1 atom stereocenters. The van der Waals surface area contributed by atoms with E-state index in [4.69, 9.17) is 14.2 Å². The number of morpholine rings is 1. The van der Waals surface area contributed by atoms with E-state index < -0.39 is 5.60 Å². The van der Waals surface area contributed by atoms with Crippen molar-refractivity contribution in [2.75, 3.05) is 58.1 Å². The molecule has 2 amide bonds. The number of carbonyl (C=O) groups excluding carboxylic acids is 2. The van der Waals surface area contributed by atoms with Crippen LogP contribution in [0.4, 0.5) is 5.69 Å². The Balaban J connectivity index is 1.80. The summed E-state index contributed by atoms with van der Waals surface area (Å²) in [5, 5.41) is 0. The molecule has 2 saturated heterocycles.